The lowest BCUT2D eigenvalue weighted by molar-refractivity contribution is -0.132. The van der Waals surface area contributed by atoms with Crippen molar-refractivity contribution < 1.29 is 23.4 Å². The van der Waals surface area contributed by atoms with Crippen LogP contribution in [0.25, 0.3) is 0 Å². The van der Waals surface area contributed by atoms with Crippen LogP contribution in [0.4, 0.5) is 8.78 Å². The van der Waals surface area contributed by atoms with Crippen LogP contribution in [0.2, 0.25) is 0 Å². The standard InChI is InChI=1S/C20H29F2N3O3/c21-17-11-14-1-2-15(16(14)12-18(17)22)19(23)13-20(27)25(5-8-26)4-3-24-6-9-28-10-7-24/h11-12,15,19,26H,1-10,13,23H2/t15-,19-/m0/s1. The molecule has 2 aliphatic rings. The highest BCUT2D eigenvalue weighted by molar-refractivity contribution is 5.77. The fraction of sp³-hybridized carbons (Fsp3) is 0.650. The highest BCUT2D eigenvalue weighted by Crippen LogP contribution is 2.37. The minimum absolute atomic E-state index is 0.110. The van der Waals surface area contributed by atoms with E-state index in [0.717, 1.165) is 25.2 Å². The zero-order valence-corrected chi connectivity index (χ0v) is 16.1. The topological polar surface area (TPSA) is 79.0 Å². The molecule has 1 aliphatic heterocycles. The normalized spacial score (nSPS) is 20.8. The molecule has 3 rings (SSSR count). The monoisotopic (exact) mass is 397 g/mol. The second-order valence-electron chi connectivity index (χ2n) is 7.54. The van der Waals surface area contributed by atoms with Crippen molar-refractivity contribution >= 4 is 5.91 Å². The molecule has 3 N–H and O–H groups in total. The van der Waals surface area contributed by atoms with Gasteiger partial charge in [-0.3, -0.25) is 9.69 Å². The molecule has 1 fully saturated rings. The third-order valence-electron chi connectivity index (χ3n) is 5.75. The molecule has 1 aromatic rings. The number of aryl methyl sites for hydroxylation is 1. The van der Waals surface area contributed by atoms with Gasteiger partial charge in [-0.2, -0.15) is 0 Å². The van der Waals surface area contributed by atoms with E-state index in [1.807, 2.05) is 0 Å². The number of benzene rings is 1. The molecule has 0 saturated carbocycles. The first-order valence-corrected chi connectivity index (χ1v) is 9.91. The predicted octanol–water partition coefficient (Wildman–Crippen LogP) is 0.865. The molecule has 1 aliphatic carbocycles. The number of aliphatic hydroxyl groups excluding tert-OH is 1. The van der Waals surface area contributed by atoms with Crippen LogP contribution in [0.3, 0.4) is 0 Å². The Balaban J connectivity index is 1.58. The SMILES string of the molecule is N[C@@H](CC(=O)N(CCO)CCN1CCOCC1)[C@H]1CCc2cc(F)c(F)cc21. The second-order valence-corrected chi connectivity index (χ2v) is 7.54. The van der Waals surface area contributed by atoms with Gasteiger partial charge < -0.3 is 20.5 Å². The van der Waals surface area contributed by atoms with E-state index in [0.29, 0.717) is 38.2 Å². The van der Waals surface area contributed by atoms with Crippen LogP contribution in [0.15, 0.2) is 12.1 Å². The highest BCUT2D eigenvalue weighted by atomic mass is 19.2. The number of fused-ring (bicyclic) bond motifs is 1. The van der Waals surface area contributed by atoms with E-state index in [1.54, 1.807) is 4.90 Å². The fourth-order valence-electron chi connectivity index (χ4n) is 4.12. The van der Waals surface area contributed by atoms with Gasteiger partial charge in [-0.25, -0.2) is 8.78 Å². The summed E-state index contributed by atoms with van der Waals surface area (Å²) in [7, 11) is 0. The van der Waals surface area contributed by atoms with E-state index >= 15 is 0 Å². The maximum Gasteiger partial charge on any atom is 0.224 e. The quantitative estimate of drug-likeness (QED) is 0.681. The van der Waals surface area contributed by atoms with Gasteiger partial charge in [-0.15, -0.1) is 0 Å². The summed E-state index contributed by atoms with van der Waals surface area (Å²) in [6, 6.07) is 1.99. The molecule has 8 heteroatoms. The summed E-state index contributed by atoms with van der Waals surface area (Å²) in [4.78, 5) is 16.6. The molecular weight excluding hydrogens is 368 g/mol. The maximum absolute atomic E-state index is 13.6. The van der Waals surface area contributed by atoms with Gasteiger partial charge in [-0.05, 0) is 36.1 Å². The van der Waals surface area contributed by atoms with Gasteiger partial charge >= 0.3 is 0 Å². The molecule has 156 valence electrons. The number of hydrogen-bond acceptors (Lipinski definition) is 5. The van der Waals surface area contributed by atoms with Crippen LogP contribution in [-0.2, 0) is 16.0 Å². The number of halogens is 2. The number of carbonyl (C=O) groups excluding carboxylic acids is 1. The summed E-state index contributed by atoms with van der Waals surface area (Å²) in [6.45, 7) is 4.45. The van der Waals surface area contributed by atoms with E-state index < -0.39 is 17.7 Å². The molecule has 1 aromatic carbocycles. The van der Waals surface area contributed by atoms with Crippen LogP contribution >= 0.6 is 0 Å². The van der Waals surface area contributed by atoms with Crippen molar-refractivity contribution in [2.24, 2.45) is 5.73 Å². The van der Waals surface area contributed by atoms with Gasteiger partial charge in [0.15, 0.2) is 11.6 Å². The van der Waals surface area contributed by atoms with Crippen molar-refractivity contribution in [1.82, 2.24) is 9.80 Å². The lowest BCUT2D eigenvalue weighted by Crippen LogP contribution is -2.45. The molecule has 6 nitrogen and oxygen atoms in total. The average molecular weight is 397 g/mol. The molecule has 1 amide bonds. The van der Waals surface area contributed by atoms with Crippen LogP contribution in [0.1, 0.15) is 29.9 Å². The lowest BCUT2D eigenvalue weighted by atomic mass is 9.91. The molecule has 0 bridgehead atoms. The van der Waals surface area contributed by atoms with Crippen LogP contribution in [-0.4, -0.2) is 79.4 Å². The van der Waals surface area contributed by atoms with Crippen LogP contribution in [0, 0.1) is 11.6 Å². The van der Waals surface area contributed by atoms with Crippen molar-refractivity contribution in [3.8, 4) is 0 Å². The van der Waals surface area contributed by atoms with Crippen molar-refractivity contribution in [2.75, 3.05) is 52.5 Å². The Labute approximate surface area is 164 Å². The molecule has 1 heterocycles. The largest absolute Gasteiger partial charge is 0.395 e. The smallest absolute Gasteiger partial charge is 0.224 e. The molecule has 2 atom stereocenters. The molecule has 0 aromatic heterocycles. The Morgan fingerprint density at radius 3 is 2.71 bits per heavy atom. The number of nitrogens with zero attached hydrogens (tertiary/aromatic N) is 2. The number of aliphatic hydroxyl groups is 1. The van der Waals surface area contributed by atoms with E-state index in [-0.39, 0.29) is 31.4 Å². The van der Waals surface area contributed by atoms with Gasteiger partial charge in [0.05, 0.1) is 19.8 Å². The Bertz CT molecular complexity index is 683. The first-order valence-electron chi connectivity index (χ1n) is 9.91. The third-order valence-corrected chi connectivity index (χ3v) is 5.75. The molecule has 0 radical (unpaired) electrons. The summed E-state index contributed by atoms with van der Waals surface area (Å²) in [6.07, 6.45) is 1.43. The number of amides is 1. The van der Waals surface area contributed by atoms with Gasteiger partial charge in [0.2, 0.25) is 5.91 Å². The average Bonchev–Trinajstić information content (AvgIpc) is 3.08. The van der Waals surface area contributed by atoms with Crippen molar-refractivity contribution in [2.45, 2.75) is 31.2 Å². The van der Waals surface area contributed by atoms with E-state index in [1.165, 1.54) is 12.1 Å². The maximum atomic E-state index is 13.6. The third kappa shape index (κ3) is 5.05. The van der Waals surface area contributed by atoms with Gasteiger partial charge in [0.25, 0.3) is 0 Å². The molecule has 1 saturated heterocycles. The number of hydrogen-bond donors (Lipinski definition) is 2. The van der Waals surface area contributed by atoms with Crippen molar-refractivity contribution in [3.05, 3.63) is 34.9 Å². The zero-order chi connectivity index (χ0) is 20.1. The number of rotatable bonds is 8. The molecule has 0 unspecified atom stereocenters. The lowest BCUT2D eigenvalue weighted by Gasteiger charge is -2.31. The molecule has 0 spiro atoms. The summed E-state index contributed by atoms with van der Waals surface area (Å²) < 4.78 is 32.4. The first kappa shape index (κ1) is 21.1. The summed E-state index contributed by atoms with van der Waals surface area (Å²) >= 11 is 0. The van der Waals surface area contributed by atoms with Crippen molar-refractivity contribution in [1.29, 1.82) is 0 Å². The fourth-order valence-corrected chi connectivity index (χ4v) is 4.12. The second kappa shape index (κ2) is 9.73. The number of carbonyl (C=O) groups is 1. The Hall–Kier alpha value is -1.61. The molecule has 28 heavy (non-hydrogen) atoms. The minimum atomic E-state index is -0.878. The number of ether oxygens (including phenoxy) is 1. The van der Waals surface area contributed by atoms with Gasteiger partial charge in [0.1, 0.15) is 0 Å². The van der Waals surface area contributed by atoms with E-state index in [4.69, 9.17) is 10.5 Å². The summed E-state index contributed by atoms with van der Waals surface area (Å²) in [5, 5.41) is 9.32. The molecular formula is C20H29F2N3O3. The van der Waals surface area contributed by atoms with Crippen molar-refractivity contribution in [3.63, 3.8) is 0 Å². The highest BCUT2D eigenvalue weighted by Gasteiger charge is 2.31. The minimum Gasteiger partial charge on any atom is -0.395 e. The Morgan fingerprint density at radius 2 is 2.00 bits per heavy atom. The number of nitrogens with two attached hydrogens (primary N) is 1. The number of morpholine rings is 1. The summed E-state index contributed by atoms with van der Waals surface area (Å²) in [5.74, 6) is -2.01. The van der Waals surface area contributed by atoms with Crippen LogP contribution in [0.5, 0.6) is 0 Å². The van der Waals surface area contributed by atoms with E-state index in [9.17, 15) is 18.7 Å². The van der Waals surface area contributed by atoms with Crippen LogP contribution < -0.4 is 5.73 Å². The first-order chi connectivity index (χ1) is 13.5. The Kier molecular flexibility index (Phi) is 7.34. The summed E-state index contributed by atoms with van der Waals surface area (Å²) in [5.41, 5.74) is 7.78. The van der Waals surface area contributed by atoms with E-state index in [2.05, 4.69) is 4.90 Å². The van der Waals surface area contributed by atoms with Gasteiger partial charge in [0, 0.05) is 51.1 Å². The Morgan fingerprint density at radius 1 is 1.29 bits per heavy atom. The van der Waals surface area contributed by atoms with Gasteiger partial charge in [-0.1, -0.05) is 0 Å². The zero-order valence-electron chi connectivity index (χ0n) is 16.1. The predicted molar refractivity (Wildman–Crippen MR) is 101 cm³/mol.